The minimum atomic E-state index is -0.496. The number of benzene rings is 2. The number of oxime groups is 1. The summed E-state index contributed by atoms with van der Waals surface area (Å²) >= 11 is 0. The number of phenols is 1. The number of ether oxygens (including phenoxy) is 1. The number of aliphatic hydroxyl groups is 1. The van der Waals surface area contributed by atoms with Gasteiger partial charge >= 0.3 is 5.69 Å². The summed E-state index contributed by atoms with van der Waals surface area (Å²) in [7, 11) is 1.53. The number of nitro groups is 1. The fourth-order valence-corrected chi connectivity index (χ4v) is 6.44. The van der Waals surface area contributed by atoms with Crippen molar-refractivity contribution in [2.75, 3.05) is 7.11 Å². The maximum Gasteiger partial charge on any atom is 0.314 e. The normalized spacial score (nSPS) is 31.4. The number of aromatic hydroxyl groups is 1. The van der Waals surface area contributed by atoms with Crippen LogP contribution in [0.3, 0.4) is 0 Å². The second-order valence-corrected chi connectivity index (χ2v) is 9.68. The molecule has 0 radical (unpaired) electrons. The molecule has 2 aromatic carbocycles. The lowest BCUT2D eigenvalue weighted by Crippen LogP contribution is -2.45. The number of hydrogen-bond acceptors (Lipinski definition) is 7. The fraction of sp³-hybridized carbons (Fsp3) is 0.480. The van der Waals surface area contributed by atoms with Crippen LogP contribution in [-0.2, 0) is 0 Å². The van der Waals surface area contributed by atoms with Crippen LogP contribution in [0.15, 0.2) is 41.6 Å². The van der Waals surface area contributed by atoms with Crippen molar-refractivity contribution in [1.82, 2.24) is 0 Å². The zero-order valence-corrected chi connectivity index (χ0v) is 18.7. The second-order valence-electron chi connectivity index (χ2n) is 9.68. The molecule has 174 valence electrons. The minimum Gasteiger partial charge on any atom is -0.504 e. The summed E-state index contributed by atoms with van der Waals surface area (Å²) in [5.41, 5.74) is 2.21. The van der Waals surface area contributed by atoms with Crippen LogP contribution in [0.4, 0.5) is 5.69 Å². The SMILES string of the molecule is COc1cc2c(cc1O)/C(=N/Oc1ccccc1[N+](=O)[O-])C[C@@H]1[C@@H]2CC[C@]2(C)[C@@H](O)CC[C@@H]12. The molecule has 5 rings (SSSR count). The molecule has 2 aromatic rings. The summed E-state index contributed by atoms with van der Waals surface area (Å²) in [5, 5.41) is 36.9. The van der Waals surface area contributed by atoms with Crippen molar-refractivity contribution >= 4 is 11.4 Å². The van der Waals surface area contributed by atoms with E-state index < -0.39 is 4.92 Å². The highest BCUT2D eigenvalue weighted by Gasteiger charge is 2.55. The van der Waals surface area contributed by atoms with Crippen molar-refractivity contribution in [3.63, 3.8) is 0 Å². The number of fused-ring (bicyclic) bond motifs is 5. The van der Waals surface area contributed by atoms with Gasteiger partial charge in [0.05, 0.1) is 23.8 Å². The van der Waals surface area contributed by atoms with Crippen LogP contribution in [0.2, 0.25) is 0 Å². The lowest BCUT2D eigenvalue weighted by Gasteiger charge is -2.50. The Morgan fingerprint density at radius 2 is 1.97 bits per heavy atom. The van der Waals surface area contributed by atoms with Crippen LogP contribution in [0, 0.1) is 27.4 Å². The van der Waals surface area contributed by atoms with E-state index in [-0.39, 0.29) is 40.5 Å². The minimum absolute atomic E-state index is 0.0185. The molecule has 0 heterocycles. The average Bonchev–Trinajstić information content (AvgIpc) is 3.11. The number of nitro benzene ring substituents is 1. The van der Waals surface area contributed by atoms with Crippen molar-refractivity contribution in [3.05, 3.63) is 57.6 Å². The van der Waals surface area contributed by atoms with Crippen LogP contribution in [-0.4, -0.2) is 34.1 Å². The Bertz CT molecular complexity index is 1130. The lowest BCUT2D eigenvalue weighted by atomic mass is 9.55. The van der Waals surface area contributed by atoms with Crippen molar-refractivity contribution in [2.24, 2.45) is 22.4 Å². The monoisotopic (exact) mass is 452 g/mol. The molecule has 0 aliphatic heterocycles. The predicted molar refractivity (Wildman–Crippen MR) is 122 cm³/mol. The first-order valence-corrected chi connectivity index (χ1v) is 11.4. The predicted octanol–water partition coefficient (Wildman–Crippen LogP) is 4.77. The number of methoxy groups -OCH3 is 1. The molecular weight excluding hydrogens is 424 g/mol. The third-order valence-corrected chi connectivity index (χ3v) is 8.19. The van der Waals surface area contributed by atoms with Gasteiger partial charge in [0, 0.05) is 11.6 Å². The van der Waals surface area contributed by atoms with Crippen LogP contribution in [0.25, 0.3) is 0 Å². The van der Waals surface area contributed by atoms with E-state index in [4.69, 9.17) is 9.57 Å². The largest absolute Gasteiger partial charge is 0.504 e. The smallest absolute Gasteiger partial charge is 0.314 e. The number of phenolic OH excluding ortho intramolecular Hbond substituents is 1. The Balaban J connectivity index is 1.58. The van der Waals surface area contributed by atoms with E-state index in [0.717, 1.165) is 36.8 Å². The summed E-state index contributed by atoms with van der Waals surface area (Å²) in [6, 6.07) is 9.68. The summed E-state index contributed by atoms with van der Waals surface area (Å²) in [5.74, 6) is 1.37. The molecule has 2 saturated carbocycles. The summed E-state index contributed by atoms with van der Waals surface area (Å²) in [6.07, 6.45) is 3.96. The first kappa shape index (κ1) is 21.7. The van der Waals surface area contributed by atoms with Gasteiger partial charge in [-0.05, 0) is 79.0 Å². The zero-order chi connectivity index (χ0) is 23.3. The average molecular weight is 453 g/mol. The molecule has 0 spiro atoms. The van der Waals surface area contributed by atoms with E-state index in [0.29, 0.717) is 23.8 Å². The third kappa shape index (κ3) is 3.44. The summed E-state index contributed by atoms with van der Waals surface area (Å²) < 4.78 is 5.38. The van der Waals surface area contributed by atoms with Gasteiger partial charge in [0.25, 0.3) is 0 Å². The molecule has 2 fully saturated rings. The second kappa shape index (κ2) is 8.02. The van der Waals surface area contributed by atoms with Crippen LogP contribution >= 0.6 is 0 Å². The Morgan fingerprint density at radius 3 is 2.73 bits per heavy atom. The molecule has 0 aromatic heterocycles. The van der Waals surface area contributed by atoms with Gasteiger partial charge in [0.15, 0.2) is 11.5 Å². The first-order valence-electron chi connectivity index (χ1n) is 11.4. The van der Waals surface area contributed by atoms with E-state index in [1.807, 2.05) is 6.07 Å². The molecule has 2 N–H and O–H groups in total. The highest BCUT2D eigenvalue weighted by Crippen LogP contribution is 2.61. The molecule has 0 unspecified atom stereocenters. The molecule has 33 heavy (non-hydrogen) atoms. The van der Waals surface area contributed by atoms with Crippen LogP contribution in [0.5, 0.6) is 17.2 Å². The van der Waals surface area contributed by atoms with E-state index in [9.17, 15) is 20.3 Å². The molecule has 8 heteroatoms. The van der Waals surface area contributed by atoms with Gasteiger partial charge in [-0.25, -0.2) is 0 Å². The molecule has 3 aliphatic rings. The van der Waals surface area contributed by atoms with E-state index in [1.165, 1.54) is 19.2 Å². The van der Waals surface area contributed by atoms with E-state index in [1.54, 1.807) is 18.2 Å². The number of aliphatic hydroxyl groups excluding tert-OH is 1. The van der Waals surface area contributed by atoms with Crippen molar-refractivity contribution in [3.8, 4) is 17.2 Å². The quantitative estimate of drug-likeness (QED) is 0.510. The Labute approximate surface area is 192 Å². The van der Waals surface area contributed by atoms with Crippen LogP contribution < -0.4 is 9.57 Å². The summed E-state index contributed by atoms with van der Waals surface area (Å²) in [4.78, 5) is 16.5. The number of rotatable bonds is 4. The Morgan fingerprint density at radius 1 is 1.18 bits per heavy atom. The van der Waals surface area contributed by atoms with Gasteiger partial charge in [0.2, 0.25) is 5.75 Å². The molecular formula is C25H28N2O6. The number of nitrogens with zero attached hydrogens (tertiary/aromatic N) is 2. The topological polar surface area (TPSA) is 114 Å². The molecule has 0 saturated heterocycles. The van der Waals surface area contributed by atoms with Gasteiger partial charge in [-0.2, -0.15) is 0 Å². The number of para-hydroxylation sites is 2. The van der Waals surface area contributed by atoms with E-state index in [2.05, 4.69) is 12.1 Å². The van der Waals surface area contributed by atoms with Gasteiger partial charge in [-0.1, -0.05) is 24.2 Å². The highest BCUT2D eigenvalue weighted by molar-refractivity contribution is 6.03. The van der Waals surface area contributed by atoms with Crippen molar-refractivity contribution in [2.45, 2.75) is 51.0 Å². The van der Waals surface area contributed by atoms with E-state index >= 15 is 0 Å². The highest BCUT2D eigenvalue weighted by atomic mass is 16.7. The van der Waals surface area contributed by atoms with Crippen LogP contribution in [0.1, 0.15) is 56.1 Å². The molecule has 0 bridgehead atoms. The van der Waals surface area contributed by atoms with Gasteiger partial charge < -0.3 is 19.8 Å². The third-order valence-electron chi connectivity index (χ3n) is 8.19. The van der Waals surface area contributed by atoms with Crippen molar-refractivity contribution in [1.29, 1.82) is 0 Å². The van der Waals surface area contributed by atoms with Gasteiger partial charge in [0.1, 0.15) is 0 Å². The molecule has 3 aliphatic carbocycles. The van der Waals surface area contributed by atoms with Crippen molar-refractivity contribution < 1.29 is 24.7 Å². The standard InChI is InChI=1S/C25H28N2O6/c1-25-10-9-14-15-13-23(32-2)21(28)12-17(15)19(11-16(14)18(25)7-8-24(25)29)26-33-22-6-4-3-5-20(22)27(30)31/h3-6,12-14,16,18,24,28-29H,7-11H2,1-2H3/b26-19+/t14-,16-,18+,24+,25+/m1/s1. The van der Waals surface area contributed by atoms with Gasteiger partial charge in [-0.15, -0.1) is 0 Å². The Kier molecular flexibility index (Phi) is 5.28. The molecule has 0 amide bonds. The first-order chi connectivity index (χ1) is 15.8. The number of hydrogen-bond donors (Lipinski definition) is 2. The Hall–Kier alpha value is -3.13. The fourth-order valence-electron chi connectivity index (χ4n) is 6.44. The molecule has 5 atom stereocenters. The molecule has 8 nitrogen and oxygen atoms in total. The maximum absolute atomic E-state index is 11.4. The summed E-state index contributed by atoms with van der Waals surface area (Å²) in [6.45, 7) is 2.19. The zero-order valence-electron chi connectivity index (χ0n) is 18.7. The maximum atomic E-state index is 11.4. The van der Waals surface area contributed by atoms with Gasteiger partial charge in [-0.3, -0.25) is 10.1 Å². The lowest BCUT2D eigenvalue weighted by molar-refractivity contribution is -0.385.